The van der Waals surface area contributed by atoms with Crippen molar-refractivity contribution in [1.29, 1.82) is 0 Å². The average Bonchev–Trinajstić information content (AvgIpc) is 2.89. The summed E-state index contributed by atoms with van der Waals surface area (Å²) in [5, 5.41) is 12.5. The number of benzene rings is 2. The minimum absolute atomic E-state index is 0.242. The van der Waals surface area contributed by atoms with Gasteiger partial charge in [0.2, 0.25) is 5.91 Å². The molecule has 2 aromatic rings. The van der Waals surface area contributed by atoms with E-state index in [9.17, 15) is 19.5 Å². The lowest BCUT2D eigenvalue weighted by Gasteiger charge is -2.27. The Morgan fingerprint density at radius 3 is 2.62 bits per heavy atom. The number of aryl methyl sites for hydroxylation is 2. The lowest BCUT2D eigenvalue weighted by molar-refractivity contribution is -0.146. The molecule has 1 aliphatic heterocycles. The topological polar surface area (TPSA) is 95.9 Å². The van der Waals surface area contributed by atoms with Gasteiger partial charge in [-0.15, -0.1) is 11.8 Å². The SMILES string of the molecule is CCOC(=O)[C@@H](CCc1ccc(C)cc1)NC1CSc2ccccc2N(CC(=O)O)C1=O. The highest BCUT2D eigenvalue weighted by Crippen LogP contribution is 2.34. The second-order valence-corrected chi connectivity index (χ2v) is 8.71. The quantitative estimate of drug-likeness (QED) is 0.560. The molecule has 1 amide bonds. The molecule has 2 atom stereocenters. The number of esters is 1. The summed E-state index contributed by atoms with van der Waals surface area (Å²) in [6.07, 6.45) is 1.10. The molecule has 2 aromatic carbocycles. The minimum Gasteiger partial charge on any atom is -0.480 e. The van der Waals surface area contributed by atoms with Gasteiger partial charge in [-0.05, 0) is 44.4 Å². The van der Waals surface area contributed by atoms with E-state index in [1.807, 2.05) is 43.3 Å². The first-order valence-electron chi connectivity index (χ1n) is 10.6. The monoisotopic (exact) mass is 456 g/mol. The molecule has 0 radical (unpaired) electrons. The second-order valence-electron chi connectivity index (χ2n) is 7.65. The molecule has 0 aliphatic carbocycles. The van der Waals surface area contributed by atoms with Gasteiger partial charge in [-0.2, -0.15) is 0 Å². The van der Waals surface area contributed by atoms with Crippen molar-refractivity contribution in [3.05, 3.63) is 59.7 Å². The van der Waals surface area contributed by atoms with Crippen molar-refractivity contribution in [2.75, 3.05) is 23.8 Å². The number of thioether (sulfide) groups is 1. The molecule has 0 aromatic heterocycles. The Hall–Kier alpha value is -2.84. The second kappa shape index (κ2) is 11.2. The molecule has 0 spiro atoms. The van der Waals surface area contributed by atoms with Gasteiger partial charge in [-0.1, -0.05) is 42.0 Å². The molecule has 8 heteroatoms. The summed E-state index contributed by atoms with van der Waals surface area (Å²) in [5.41, 5.74) is 2.82. The Bertz CT molecular complexity index is 963. The van der Waals surface area contributed by atoms with E-state index in [1.165, 1.54) is 16.7 Å². The van der Waals surface area contributed by atoms with Crippen molar-refractivity contribution < 1.29 is 24.2 Å². The van der Waals surface area contributed by atoms with Gasteiger partial charge in [-0.3, -0.25) is 24.6 Å². The van der Waals surface area contributed by atoms with E-state index >= 15 is 0 Å². The first-order chi connectivity index (χ1) is 15.4. The van der Waals surface area contributed by atoms with Crippen LogP contribution in [0.4, 0.5) is 5.69 Å². The van der Waals surface area contributed by atoms with Crippen molar-refractivity contribution in [2.24, 2.45) is 0 Å². The molecule has 1 heterocycles. The van der Waals surface area contributed by atoms with Gasteiger partial charge in [0.25, 0.3) is 0 Å². The fourth-order valence-corrected chi connectivity index (χ4v) is 4.68. The van der Waals surface area contributed by atoms with Crippen LogP contribution in [-0.2, 0) is 25.5 Å². The van der Waals surface area contributed by atoms with E-state index in [0.717, 1.165) is 16.0 Å². The lowest BCUT2D eigenvalue weighted by atomic mass is 10.0. The fourth-order valence-electron chi connectivity index (χ4n) is 3.59. The number of aliphatic carboxylic acids is 1. The summed E-state index contributed by atoms with van der Waals surface area (Å²) < 4.78 is 5.25. The highest BCUT2D eigenvalue weighted by atomic mass is 32.2. The molecule has 1 unspecified atom stereocenters. The molecule has 32 heavy (non-hydrogen) atoms. The van der Waals surface area contributed by atoms with Gasteiger partial charge in [-0.25, -0.2) is 0 Å². The van der Waals surface area contributed by atoms with Crippen molar-refractivity contribution in [3.63, 3.8) is 0 Å². The molecule has 0 saturated carbocycles. The van der Waals surface area contributed by atoms with Gasteiger partial charge in [0.15, 0.2) is 0 Å². The van der Waals surface area contributed by atoms with Crippen molar-refractivity contribution in [1.82, 2.24) is 5.32 Å². The van der Waals surface area contributed by atoms with Gasteiger partial charge in [0, 0.05) is 10.6 Å². The Morgan fingerprint density at radius 2 is 1.94 bits per heavy atom. The van der Waals surface area contributed by atoms with Crippen LogP contribution in [-0.4, -0.2) is 53.9 Å². The number of nitrogens with zero attached hydrogens (tertiary/aromatic N) is 1. The number of ether oxygens (including phenoxy) is 1. The number of fused-ring (bicyclic) bond motifs is 1. The molecule has 2 N–H and O–H groups in total. The highest BCUT2D eigenvalue weighted by Gasteiger charge is 2.34. The average molecular weight is 457 g/mol. The number of carboxylic acid groups (broad SMARTS) is 1. The fraction of sp³-hybridized carbons (Fsp3) is 0.375. The zero-order valence-electron chi connectivity index (χ0n) is 18.2. The third-order valence-corrected chi connectivity index (χ3v) is 6.39. The summed E-state index contributed by atoms with van der Waals surface area (Å²) >= 11 is 1.47. The van der Waals surface area contributed by atoms with Gasteiger partial charge in [0.1, 0.15) is 12.6 Å². The van der Waals surface area contributed by atoms with E-state index in [2.05, 4.69) is 5.32 Å². The lowest BCUT2D eigenvalue weighted by Crippen LogP contribution is -2.54. The summed E-state index contributed by atoms with van der Waals surface area (Å²) in [4.78, 5) is 39.5. The number of hydrogen-bond acceptors (Lipinski definition) is 6. The van der Waals surface area contributed by atoms with Crippen molar-refractivity contribution in [2.45, 2.75) is 43.7 Å². The highest BCUT2D eigenvalue weighted by molar-refractivity contribution is 7.99. The Balaban J connectivity index is 1.79. The van der Waals surface area contributed by atoms with Crippen LogP contribution in [0.2, 0.25) is 0 Å². The van der Waals surface area contributed by atoms with E-state index < -0.39 is 30.6 Å². The van der Waals surface area contributed by atoms with E-state index in [4.69, 9.17) is 4.74 Å². The number of rotatable bonds is 9. The number of carbonyl (C=O) groups is 3. The number of anilines is 1. The summed E-state index contributed by atoms with van der Waals surface area (Å²) in [5.74, 6) is -1.49. The number of amides is 1. The third-order valence-electron chi connectivity index (χ3n) is 5.23. The minimum atomic E-state index is -1.10. The first-order valence-corrected chi connectivity index (χ1v) is 11.6. The van der Waals surface area contributed by atoms with Crippen LogP contribution < -0.4 is 10.2 Å². The number of carbonyl (C=O) groups excluding carboxylic acids is 2. The van der Waals surface area contributed by atoms with Crippen LogP contribution in [0.5, 0.6) is 0 Å². The van der Waals surface area contributed by atoms with E-state index in [1.54, 1.807) is 19.1 Å². The van der Waals surface area contributed by atoms with Crippen molar-refractivity contribution >= 4 is 35.3 Å². The maximum absolute atomic E-state index is 13.3. The smallest absolute Gasteiger partial charge is 0.323 e. The zero-order valence-corrected chi connectivity index (χ0v) is 19.1. The van der Waals surface area contributed by atoms with Crippen LogP contribution in [0.25, 0.3) is 0 Å². The summed E-state index contributed by atoms with van der Waals surface area (Å²) in [6.45, 7) is 3.56. The summed E-state index contributed by atoms with van der Waals surface area (Å²) in [7, 11) is 0. The van der Waals surface area contributed by atoms with Crippen LogP contribution >= 0.6 is 11.8 Å². The van der Waals surface area contributed by atoms with Gasteiger partial charge < -0.3 is 9.84 Å². The zero-order chi connectivity index (χ0) is 23.1. The molecule has 0 saturated heterocycles. The predicted molar refractivity (Wildman–Crippen MR) is 124 cm³/mol. The Morgan fingerprint density at radius 1 is 1.22 bits per heavy atom. The molecule has 0 bridgehead atoms. The largest absolute Gasteiger partial charge is 0.480 e. The maximum Gasteiger partial charge on any atom is 0.323 e. The molecule has 3 rings (SSSR count). The maximum atomic E-state index is 13.3. The Labute approximate surface area is 192 Å². The van der Waals surface area contributed by atoms with Gasteiger partial charge >= 0.3 is 11.9 Å². The third kappa shape index (κ3) is 6.11. The number of nitrogens with one attached hydrogen (secondary N) is 1. The normalized spacial score (nSPS) is 16.8. The molecule has 0 fully saturated rings. The standard InChI is InChI=1S/C24H28N2O5S/c1-3-31-24(30)18(13-12-17-10-8-16(2)9-11-17)25-19-15-32-21-7-5-4-6-20(21)26(23(19)29)14-22(27)28/h4-11,18-19,25H,3,12-15H2,1-2H3,(H,27,28)/t18-,19?/m1/s1. The molecule has 7 nitrogen and oxygen atoms in total. The predicted octanol–water partition coefficient (Wildman–Crippen LogP) is 3.04. The number of para-hydroxylation sites is 1. The Kier molecular flexibility index (Phi) is 8.30. The van der Waals surface area contributed by atoms with E-state index in [0.29, 0.717) is 24.3 Å². The summed E-state index contributed by atoms with van der Waals surface area (Å²) in [6, 6.07) is 13.9. The van der Waals surface area contributed by atoms with Gasteiger partial charge in [0.05, 0.1) is 18.3 Å². The molecular weight excluding hydrogens is 428 g/mol. The number of carboxylic acids is 1. The first kappa shape index (κ1) is 23.8. The van der Waals surface area contributed by atoms with Crippen molar-refractivity contribution in [3.8, 4) is 0 Å². The number of hydrogen-bond donors (Lipinski definition) is 2. The molecule has 170 valence electrons. The molecular formula is C24H28N2O5S. The van der Waals surface area contributed by atoms with Crippen LogP contribution in [0, 0.1) is 6.92 Å². The van der Waals surface area contributed by atoms with Crippen LogP contribution in [0.15, 0.2) is 53.4 Å². The van der Waals surface area contributed by atoms with E-state index in [-0.39, 0.29) is 12.5 Å². The van der Waals surface area contributed by atoms with Crippen LogP contribution in [0.3, 0.4) is 0 Å². The molecule has 1 aliphatic rings. The van der Waals surface area contributed by atoms with Crippen LogP contribution in [0.1, 0.15) is 24.5 Å².